The summed E-state index contributed by atoms with van der Waals surface area (Å²) in [6, 6.07) is 10.2. The van der Waals surface area contributed by atoms with Crippen LogP contribution in [-0.2, 0) is 17.5 Å². The molecule has 3 aromatic rings. The number of fused-ring (bicyclic) bond motifs is 1. The second kappa shape index (κ2) is 9.95. The molecule has 0 saturated carbocycles. The van der Waals surface area contributed by atoms with E-state index < -0.39 is 23.3 Å². The maximum absolute atomic E-state index is 13.3. The fraction of sp³-hybridized carbons (Fsp3) is 0.318. The number of rotatable bonds is 7. The number of carbonyl (C=O) groups excluding carboxylic acids is 1. The van der Waals surface area contributed by atoms with Crippen LogP contribution in [0.25, 0.3) is 10.9 Å². The van der Waals surface area contributed by atoms with Gasteiger partial charge >= 0.3 is 6.18 Å². The van der Waals surface area contributed by atoms with Crippen molar-refractivity contribution >= 4 is 45.9 Å². The molecule has 32 heavy (non-hydrogen) atoms. The Balaban J connectivity index is 1.85. The van der Waals surface area contributed by atoms with Crippen molar-refractivity contribution in [2.45, 2.75) is 38.1 Å². The van der Waals surface area contributed by atoms with Crippen molar-refractivity contribution in [2.24, 2.45) is 5.92 Å². The summed E-state index contributed by atoms with van der Waals surface area (Å²) in [7, 11) is 0. The van der Waals surface area contributed by atoms with E-state index in [-0.39, 0.29) is 16.3 Å². The molecule has 0 spiro atoms. The van der Waals surface area contributed by atoms with Crippen molar-refractivity contribution in [3.63, 3.8) is 0 Å². The van der Waals surface area contributed by atoms with E-state index in [2.05, 4.69) is 10.3 Å². The van der Waals surface area contributed by atoms with Crippen LogP contribution in [0.1, 0.15) is 25.8 Å². The number of nitrogens with zero attached hydrogens (tertiary/aromatic N) is 2. The Morgan fingerprint density at radius 1 is 1.19 bits per heavy atom. The predicted molar refractivity (Wildman–Crippen MR) is 121 cm³/mol. The maximum atomic E-state index is 13.3. The molecule has 0 saturated heterocycles. The zero-order valence-electron chi connectivity index (χ0n) is 17.4. The van der Waals surface area contributed by atoms with Gasteiger partial charge in [-0.05, 0) is 36.6 Å². The first-order valence-electron chi connectivity index (χ1n) is 9.86. The van der Waals surface area contributed by atoms with Crippen molar-refractivity contribution in [3.8, 4) is 0 Å². The highest BCUT2D eigenvalue weighted by atomic mass is 35.5. The summed E-state index contributed by atoms with van der Waals surface area (Å²) in [5.74, 6) is -0.587. The minimum absolute atomic E-state index is 0.212. The van der Waals surface area contributed by atoms with E-state index in [4.69, 9.17) is 11.6 Å². The molecule has 3 rings (SSSR count). The SMILES string of the molecule is CC(C)CCn1c(SCC(=O)Nc2c(Cl)cccc2C(F)(F)F)nc2ccccc2c1=O. The second-order valence-electron chi connectivity index (χ2n) is 7.55. The van der Waals surface area contributed by atoms with Gasteiger partial charge in [0.15, 0.2) is 5.16 Å². The van der Waals surface area contributed by atoms with Crippen molar-refractivity contribution < 1.29 is 18.0 Å². The molecule has 1 N–H and O–H groups in total. The van der Waals surface area contributed by atoms with Gasteiger partial charge in [0.25, 0.3) is 5.56 Å². The molecule has 0 fully saturated rings. The van der Waals surface area contributed by atoms with Gasteiger partial charge in [0.2, 0.25) is 5.91 Å². The number of aromatic nitrogens is 2. The van der Waals surface area contributed by atoms with Gasteiger partial charge < -0.3 is 5.32 Å². The minimum Gasteiger partial charge on any atom is -0.324 e. The summed E-state index contributed by atoms with van der Waals surface area (Å²) in [6.07, 6.45) is -3.94. The van der Waals surface area contributed by atoms with E-state index in [0.717, 1.165) is 24.2 Å². The number of carbonyl (C=O) groups is 1. The summed E-state index contributed by atoms with van der Waals surface area (Å²) in [4.78, 5) is 29.9. The molecule has 1 amide bonds. The molecule has 5 nitrogen and oxygen atoms in total. The van der Waals surface area contributed by atoms with Crippen LogP contribution >= 0.6 is 23.4 Å². The Labute approximate surface area is 192 Å². The lowest BCUT2D eigenvalue weighted by atomic mass is 10.1. The van der Waals surface area contributed by atoms with Crippen molar-refractivity contribution in [1.29, 1.82) is 0 Å². The first-order chi connectivity index (χ1) is 15.1. The number of nitrogens with one attached hydrogen (secondary N) is 1. The first kappa shape index (κ1) is 24.1. The lowest BCUT2D eigenvalue weighted by Crippen LogP contribution is -2.25. The monoisotopic (exact) mass is 483 g/mol. The van der Waals surface area contributed by atoms with E-state index >= 15 is 0 Å². The molecule has 10 heteroatoms. The molecule has 0 atom stereocenters. The lowest BCUT2D eigenvalue weighted by molar-refractivity contribution is -0.137. The largest absolute Gasteiger partial charge is 0.418 e. The fourth-order valence-corrected chi connectivity index (χ4v) is 4.08. The molecule has 0 radical (unpaired) electrons. The molecular weight excluding hydrogens is 463 g/mol. The molecule has 0 aliphatic carbocycles. The zero-order chi connectivity index (χ0) is 23.5. The number of thioether (sulfide) groups is 1. The topological polar surface area (TPSA) is 64.0 Å². The zero-order valence-corrected chi connectivity index (χ0v) is 18.9. The van der Waals surface area contributed by atoms with Crippen LogP contribution in [0.15, 0.2) is 52.4 Å². The first-order valence-corrected chi connectivity index (χ1v) is 11.2. The van der Waals surface area contributed by atoms with E-state index in [1.807, 2.05) is 13.8 Å². The quantitative estimate of drug-likeness (QED) is 0.338. The Hall–Kier alpha value is -2.52. The highest BCUT2D eigenvalue weighted by Crippen LogP contribution is 2.38. The fourth-order valence-electron chi connectivity index (χ4n) is 3.04. The molecule has 0 aliphatic heterocycles. The van der Waals surface area contributed by atoms with Gasteiger partial charge in [-0.2, -0.15) is 13.2 Å². The smallest absolute Gasteiger partial charge is 0.324 e. The number of hydrogen-bond acceptors (Lipinski definition) is 4. The van der Waals surface area contributed by atoms with Crippen LogP contribution in [-0.4, -0.2) is 21.2 Å². The third kappa shape index (κ3) is 5.63. The number of anilines is 1. The molecule has 0 bridgehead atoms. The molecule has 1 aromatic heterocycles. The van der Waals surface area contributed by atoms with Gasteiger partial charge in [-0.1, -0.05) is 55.4 Å². The van der Waals surface area contributed by atoms with Crippen LogP contribution in [0.2, 0.25) is 5.02 Å². The van der Waals surface area contributed by atoms with Gasteiger partial charge in [0.1, 0.15) is 0 Å². The highest BCUT2D eigenvalue weighted by Gasteiger charge is 2.34. The van der Waals surface area contributed by atoms with Crippen LogP contribution in [0.5, 0.6) is 0 Å². The normalized spacial score (nSPS) is 11.8. The third-order valence-corrected chi connectivity index (χ3v) is 5.96. The number of alkyl halides is 3. The molecule has 0 unspecified atom stereocenters. The summed E-state index contributed by atoms with van der Waals surface area (Å²) >= 11 is 6.89. The number of hydrogen-bond donors (Lipinski definition) is 1. The standard InChI is InChI=1S/C22H21ClF3N3O2S/c1-13(2)10-11-29-20(31)14-6-3-4-9-17(14)27-21(29)32-12-18(30)28-19-15(22(24,25)26)7-5-8-16(19)23/h3-9,13H,10-12H2,1-2H3,(H,28,30). The van der Waals surface area contributed by atoms with Crippen molar-refractivity contribution in [2.75, 3.05) is 11.1 Å². The third-order valence-electron chi connectivity index (χ3n) is 4.67. The number of halogens is 4. The Bertz CT molecular complexity index is 1200. The summed E-state index contributed by atoms with van der Waals surface area (Å²) < 4.78 is 41.3. The lowest BCUT2D eigenvalue weighted by Gasteiger charge is -2.16. The molecule has 0 aliphatic rings. The van der Waals surface area contributed by atoms with Crippen LogP contribution in [0.3, 0.4) is 0 Å². The Morgan fingerprint density at radius 3 is 2.59 bits per heavy atom. The maximum Gasteiger partial charge on any atom is 0.418 e. The number of para-hydroxylation sites is 2. The predicted octanol–water partition coefficient (Wildman–Crippen LogP) is 5.85. The molecule has 1 heterocycles. The van der Waals surface area contributed by atoms with E-state index in [1.165, 1.54) is 16.7 Å². The van der Waals surface area contributed by atoms with E-state index in [9.17, 15) is 22.8 Å². The van der Waals surface area contributed by atoms with Crippen LogP contribution in [0.4, 0.5) is 18.9 Å². The highest BCUT2D eigenvalue weighted by molar-refractivity contribution is 7.99. The molecule has 2 aromatic carbocycles. The summed E-state index contributed by atoms with van der Waals surface area (Å²) in [5.41, 5.74) is -1.24. The van der Waals surface area contributed by atoms with Gasteiger partial charge in [0, 0.05) is 6.54 Å². The van der Waals surface area contributed by atoms with Gasteiger partial charge in [-0.25, -0.2) is 4.98 Å². The van der Waals surface area contributed by atoms with Gasteiger partial charge in [-0.3, -0.25) is 14.2 Å². The van der Waals surface area contributed by atoms with E-state index in [0.29, 0.717) is 28.5 Å². The molecule has 170 valence electrons. The Morgan fingerprint density at radius 2 is 1.91 bits per heavy atom. The number of amides is 1. The van der Waals surface area contributed by atoms with Crippen LogP contribution in [0, 0.1) is 5.92 Å². The summed E-state index contributed by atoms with van der Waals surface area (Å²) in [5, 5.41) is 2.84. The second-order valence-corrected chi connectivity index (χ2v) is 8.90. The average Bonchev–Trinajstić information content (AvgIpc) is 2.72. The van der Waals surface area contributed by atoms with Crippen molar-refractivity contribution in [1.82, 2.24) is 9.55 Å². The minimum atomic E-state index is -4.67. The van der Waals surface area contributed by atoms with Gasteiger partial charge in [0.05, 0.1) is 32.9 Å². The van der Waals surface area contributed by atoms with Gasteiger partial charge in [-0.15, -0.1) is 0 Å². The van der Waals surface area contributed by atoms with Crippen LogP contribution < -0.4 is 10.9 Å². The van der Waals surface area contributed by atoms with E-state index in [1.54, 1.807) is 24.3 Å². The average molecular weight is 484 g/mol. The van der Waals surface area contributed by atoms with Crippen molar-refractivity contribution in [3.05, 3.63) is 63.4 Å². The number of benzene rings is 2. The Kier molecular flexibility index (Phi) is 7.51. The summed E-state index contributed by atoms with van der Waals surface area (Å²) in [6.45, 7) is 4.48. The molecular formula is C22H21ClF3N3O2S.